The van der Waals surface area contributed by atoms with Crippen molar-refractivity contribution < 1.29 is 31.1 Å². The minimum atomic E-state index is -5.01. The lowest BCUT2D eigenvalue weighted by molar-refractivity contribution is -0.275. The molecule has 1 rings (SSSR count). The molecule has 0 heterocycles. The van der Waals surface area contributed by atoms with Crippen molar-refractivity contribution in [2.45, 2.75) is 11.3 Å². The van der Waals surface area contributed by atoms with Gasteiger partial charge < -0.3 is 9.47 Å². The predicted octanol–water partition coefficient (Wildman–Crippen LogP) is 2.52. The van der Waals surface area contributed by atoms with E-state index in [0.29, 0.717) is 0 Å². The topological polar surface area (TPSA) is 52.6 Å². The standard InChI is InChI=1S/C8H6ClF3O4S/c1-15-5-2-3-6(16-8(10,11)12)7(4-5)17(9,13)14/h2-4H,1H3. The zero-order chi connectivity index (χ0) is 13.3. The Morgan fingerprint density at radius 1 is 1.29 bits per heavy atom. The normalized spacial score (nSPS) is 12.3. The molecule has 17 heavy (non-hydrogen) atoms. The lowest BCUT2D eigenvalue weighted by Crippen LogP contribution is -2.18. The SMILES string of the molecule is COc1ccc(OC(F)(F)F)c(S(=O)(=O)Cl)c1. The lowest BCUT2D eigenvalue weighted by atomic mass is 10.3. The van der Waals surface area contributed by atoms with Gasteiger partial charge in [0.1, 0.15) is 16.4 Å². The zero-order valence-corrected chi connectivity index (χ0v) is 9.86. The van der Waals surface area contributed by atoms with Crippen LogP contribution in [0.2, 0.25) is 0 Å². The van der Waals surface area contributed by atoms with E-state index in [9.17, 15) is 21.6 Å². The number of hydrogen-bond donors (Lipinski definition) is 0. The summed E-state index contributed by atoms with van der Waals surface area (Å²) in [6, 6.07) is 2.76. The van der Waals surface area contributed by atoms with E-state index in [1.54, 1.807) is 0 Å². The minimum absolute atomic E-state index is 0.0405. The molecule has 1 aromatic carbocycles. The summed E-state index contributed by atoms with van der Waals surface area (Å²) in [6.07, 6.45) is -5.01. The van der Waals surface area contributed by atoms with E-state index in [1.807, 2.05) is 0 Å². The molecule has 0 spiro atoms. The first-order valence-electron chi connectivity index (χ1n) is 4.02. The minimum Gasteiger partial charge on any atom is -0.497 e. The van der Waals surface area contributed by atoms with Gasteiger partial charge in [0, 0.05) is 16.7 Å². The molecule has 0 saturated carbocycles. The van der Waals surface area contributed by atoms with Crippen molar-refractivity contribution in [1.82, 2.24) is 0 Å². The van der Waals surface area contributed by atoms with Crippen molar-refractivity contribution in [3.05, 3.63) is 18.2 Å². The number of methoxy groups -OCH3 is 1. The molecule has 0 aliphatic carbocycles. The molecule has 0 aliphatic heterocycles. The number of benzene rings is 1. The van der Waals surface area contributed by atoms with Crippen LogP contribution in [0.3, 0.4) is 0 Å². The number of alkyl halides is 3. The molecule has 0 aromatic heterocycles. The molecule has 4 nitrogen and oxygen atoms in total. The summed E-state index contributed by atoms with van der Waals surface area (Å²) in [7, 11) is 1.85. The quantitative estimate of drug-likeness (QED) is 0.803. The van der Waals surface area contributed by atoms with Gasteiger partial charge in [-0.05, 0) is 12.1 Å². The molecule has 0 atom stereocenters. The number of ether oxygens (including phenoxy) is 2. The van der Waals surface area contributed by atoms with Crippen molar-refractivity contribution in [1.29, 1.82) is 0 Å². The van der Waals surface area contributed by atoms with Gasteiger partial charge in [0.05, 0.1) is 7.11 Å². The van der Waals surface area contributed by atoms with Gasteiger partial charge in [0.2, 0.25) is 0 Å². The van der Waals surface area contributed by atoms with E-state index in [0.717, 1.165) is 18.2 Å². The van der Waals surface area contributed by atoms with E-state index >= 15 is 0 Å². The fourth-order valence-electron chi connectivity index (χ4n) is 1.01. The number of halogens is 4. The highest BCUT2D eigenvalue weighted by Gasteiger charge is 2.34. The van der Waals surface area contributed by atoms with Crippen LogP contribution in [0.1, 0.15) is 0 Å². The van der Waals surface area contributed by atoms with E-state index in [-0.39, 0.29) is 5.75 Å². The Balaban J connectivity index is 3.31. The van der Waals surface area contributed by atoms with Crippen molar-refractivity contribution in [2.24, 2.45) is 0 Å². The Bertz CT molecular complexity index is 512. The highest BCUT2D eigenvalue weighted by Crippen LogP contribution is 2.34. The Morgan fingerprint density at radius 3 is 2.29 bits per heavy atom. The summed E-state index contributed by atoms with van der Waals surface area (Å²) < 4.78 is 66.4. The van der Waals surface area contributed by atoms with Crippen LogP contribution >= 0.6 is 10.7 Å². The van der Waals surface area contributed by atoms with Crippen LogP contribution < -0.4 is 9.47 Å². The van der Waals surface area contributed by atoms with Gasteiger partial charge in [-0.1, -0.05) is 0 Å². The van der Waals surface area contributed by atoms with E-state index in [4.69, 9.17) is 10.7 Å². The molecular formula is C8H6ClF3O4S. The fourth-order valence-corrected chi connectivity index (χ4v) is 1.98. The fraction of sp³-hybridized carbons (Fsp3) is 0.250. The summed E-state index contributed by atoms with van der Waals surface area (Å²) in [5.74, 6) is -0.868. The molecule has 0 bridgehead atoms. The van der Waals surface area contributed by atoms with Crippen molar-refractivity contribution in [3.63, 3.8) is 0 Å². The molecule has 1 aromatic rings. The maximum atomic E-state index is 12.0. The molecule has 0 amide bonds. The first kappa shape index (κ1) is 13.9. The first-order chi connectivity index (χ1) is 7.63. The number of rotatable bonds is 3. The average Bonchev–Trinajstić information content (AvgIpc) is 2.14. The Morgan fingerprint density at radius 2 is 1.88 bits per heavy atom. The predicted molar refractivity (Wildman–Crippen MR) is 52.7 cm³/mol. The summed E-state index contributed by atoms with van der Waals surface area (Å²) in [5.41, 5.74) is 0. The number of hydrogen-bond acceptors (Lipinski definition) is 4. The molecule has 0 saturated heterocycles. The molecule has 0 N–H and O–H groups in total. The molecule has 96 valence electrons. The van der Waals surface area contributed by atoms with Crippen molar-refractivity contribution in [2.75, 3.05) is 7.11 Å². The van der Waals surface area contributed by atoms with Crippen molar-refractivity contribution >= 4 is 19.7 Å². The molecule has 0 aliphatic rings. The monoisotopic (exact) mass is 290 g/mol. The third-order valence-electron chi connectivity index (χ3n) is 1.64. The van der Waals surface area contributed by atoms with Crippen LogP contribution in [0.4, 0.5) is 13.2 Å². The second kappa shape index (κ2) is 4.61. The van der Waals surface area contributed by atoms with Crippen LogP contribution in [-0.4, -0.2) is 21.9 Å². The third-order valence-corrected chi connectivity index (χ3v) is 2.98. The van der Waals surface area contributed by atoms with Crippen LogP contribution in [-0.2, 0) is 9.05 Å². The van der Waals surface area contributed by atoms with Crippen molar-refractivity contribution in [3.8, 4) is 11.5 Å². The van der Waals surface area contributed by atoms with Crippen LogP contribution in [0.25, 0.3) is 0 Å². The Hall–Kier alpha value is -1.15. The third kappa shape index (κ3) is 3.97. The maximum Gasteiger partial charge on any atom is 0.573 e. The van der Waals surface area contributed by atoms with Gasteiger partial charge in [0.15, 0.2) is 0 Å². The van der Waals surface area contributed by atoms with Gasteiger partial charge in [-0.3, -0.25) is 0 Å². The van der Waals surface area contributed by atoms with Crippen LogP contribution in [0.5, 0.6) is 11.5 Å². The summed E-state index contributed by atoms with van der Waals surface area (Å²) in [4.78, 5) is -0.809. The largest absolute Gasteiger partial charge is 0.573 e. The molecule has 0 unspecified atom stereocenters. The van der Waals surface area contributed by atoms with Gasteiger partial charge in [-0.25, -0.2) is 8.42 Å². The highest BCUT2D eigenvalue weighted by atomic mass is 35.7. The summed E-state index contributed by atoms with van der Waals surface area (Å²) in [5, 5.41) is 0. The van der Waals surface area contributed by atoms with Crippen LogP contribution in [0.15, 0.2) is 23.1 Å². The van der Waals surface area contributed by atoms with Crippen LogP contribution in [0, 0.1) is 0 Å². The first-order valence-corrected chi connectivity index (χ1v) is 6.33. The Labute approximate surface area is 99.3 Å². The molecular weight excluding hydrogens is 285 g/mol. The smallest absolute Gasteiger partial charge is 0.497 e. The second-order valence-electron chi connectivity index (χ2n) is 2.80. The highest BCUT2D eigenvalue weighted by molar-refractivity contribution is 8.13. The summed E-state index contributed by atoms with van der Waals surface area (Å²) >= 11 is 0. The van der Waals surface area contributed by atoms with Gasteiger partial charge in [-0.15, -0.1) is 13.2 Å². The lowest BCUT2D eigenvalue weighted by Gasteiger charge is -2.12. The molecule has 9 heteroatoms. The molecule has 0 radical (unpaired) electrons. The maximum absolute atomic E-state index is 12.0. The zero-order valence-electron chi connectivity index (χ0n) is 8.29. The van der Waals surface area contributed by atoms with E-state index < -0.39 is 26.1 Å². The van der Waals surface area contributed by atoms with Gasteiger partial charge in [-0.2, -0.15) is 0 Å². The van der Waals surface area contributed by atoms with E-state index in [1.165, 1.54) is 7.11 Å². The average molecular weight is 291 g/mol. The molecule has 0 fully saturated rings. The van der Waals surface area contributed by atoms with Gasteiger partial charge >= 0.3 is 6.36 Å². The van der Waals surface area contributed by atoms with E-state index in [2.05, 4.69) is 9.47 Å². The second-order valence-corrected chi connectivity index (χ2v) is 5.33. The van der Waals surface area contributed by atoms with Gasteiger partial charge in [0.25, 0.3) is 9.05 Å². The summed E-state index contributed by atoms with van der Waals surface area (Å²) in [6.45, 7) is 0. The Kier molecular flexibility index (Phi) is 3.78.